The molecule has 1 rings (SSSR count). The lowest BCUT2D eigenvalue weighted by molar-refractivity contribution is 0.654. The summed E-state index contributed by atoms with van der Waals surface area (Å²) >= 11 is 6.09. The van der Waals surface area contributed by atoms with Gasteiger partial charge in [0.05, 0.1) is 0 Å². The van der Waals surface area contributed by atoms with Gasteiger partial charge in [-0.25, -0.2) is 9.97 Å². The highest BCUT2D eigenvalue weighted by Gasteiger charge is 2.14. The highest BCUT2D eigenvalue weighted by atomic mass is 35.5. The number of aromatic nitrogens is 2. The van der Waals surface area contributed by atoms with E-state index in [1.807, 2.05) is 6.07 Å². The Bertz CT molecular complexity index is 225. The minimum absolute atomic E-state index is 0.167. The standard InChI is InChI=1S/C9H13ClN2/c1-3-8(10)7(2)9-4-5-11-6-12-9/h4-8H,3H2,1-2H3. The van der Waals surface area contributed by atoms with Gasteiger partial charge in [-0.15, -0.1) is 11.6 Å². The van der Waals surface area contributed by atoms with E-state index >= 15 is 0 Å². The first kappa shape index (κ1) is 9.46. The summed E-state index contributed by atoms with van der Waals surface area (Å²) in [7, 11) is 0. The van der Waals surface area contributed by atoms with Crippen molar-refractivity contribution in [3.63, 3.8) is 0 Å². The van der Waals surface area contributed by atoms with E-state index in [0.29, 0.717) is 5.92 Å². The smallest absolute Gasteiger partial charge is 0.115 e. The van der Waals surface area contributed by atoms with Crippen molar-refractivity contribution in [2.75, 3.05) is 0 Å². The predicted octanol–water partition coefficient (Wildman–Crippen LogP) is 2.60. The van der Waals surface area contributed by atoms with Crippen LogP contribution in [0.15, 0.2) is 18.6 Å². The molecule has 1 heterocycles. The van der Waals surface area contributed by atoms with E-state index in [9.17, 15) is 0 Å². The second-order valence-electron chi connectivity index (χ2n) is 2.85. The lowest BCUT2D eigenvalue weighted by Gasteiger charge is -2.14. The molecule has 0 N–H and O–H groups in total. The van der Waals surface area contributed by atoms with Crippen LogP contribution in [0.2, 0.25) is 0 Å². The van der Waals surface area contributed by atoms with Crippen molar-refractivity contribution in [3.8, 4) is 0 Å². The molecule has 0 amide bonds. The monoisotopic (exact) mass is 184 g/mol. The summed E-state index contributed by atoms with van der Waals surface area (Å²) in [5.41, 5.74) is 1.02. The SMILES string of the molecule is CCC(Cl)C(C)c1ccncn1. The maximum absolute atomic E-state index is 6.09. The highest BCUT2D eigenvalue weighted by Crippen LogP contribution is 2.22. The van der Waals surface area contributed by atoms with E-state index in [0.717, 1.165) is 12.1 Å². The number of nitrogens with zero attached hydrogens (tertiary/aromatic N) is 2. The lowest BCUT2D eigenvalue weighted by atomic mass is 10.0. The van der Waals surface area contributed by atoms with Gasteiger partial charge >= 0.3 is 0 Å². The van der Waals surface area contributed by atoms with E-state index in [4.69, 9.17) is 11.6 Å². The van der Waals surface area contributed by atoms with Crippen LogP contribution in [0.5, 0.6) is 0 Å². The topological polar surface area (TPSA) is 25.8 Å². The lowest BCUT2D eigenvalue weighted by Crippen LogP contribution is -2.09. The molecule has 0 aliphatic carbocycles. The zero-order valence-electron chi connectivity index (χ0n) is 7.37. The second-order valence-corrected chi connectivity index (χ2v) is 3.41. The molecule has 0 aromatic carbocycles. The summed E-state index contributed by atoms with van der Waals surface area (Å²) in [5.74, 6) is 0.305. The van der Waals surface area contributed by atoms with Gasteiger partial charge in [0, 0.05) is 23.2 Å². The number of alkyl halides is 1. The third-order valence-corrected chi connectivity index (χ3v) is 2.69. The molecule has 0 bridgehead atoms. The molecule has 0 radical (unpaired) electrons. The fraction of sp³-hybridized carbons (Fsp3) is 0.556. The van der Waals surface area contributed by atoms with Gasteiger partial charge in [-0.1, -0.05) is 13.8 Å². The fourth-order valence-corrected chi connectivity index (χ4v) is 1.24. The minimum Gasteiger partial charge on any atom is -0.245 e. The zero-order chi connectivity index (χ0) is 8.97. The zero-order valence-corrected chi connectivity index (χ0v) is 8.12. The Kier molecular flexibility index (Phi) is 3.48. The average Bonchev–Trinajstić information content (AvgIpc) is 2.17. The van der Waals surface area contributed by atoms with Crippen molar-refractivity contribution >= 4 is 11.6 Å². The normalized spacial score (nSPS) is 15.6. The summed E-state index contributed by atoms with van der Waals surface area (Å²) in [6.07, 6.45) is 4.27. The molecule has 0 saturated heterocycles. The van der Waals surface area contributed by atoms with Crippen molar-refractivity contribution in [2.45, 2.75) is 31.6 Å². The van der Waals surface area contributed by atoms with E-state index in [1.54, 1.807) is 12.5 Å². The van der Waals surface area contributed by atoms with Crippen LogP contribution in [0.25, 0.3) is 0 Å². The largest absolute Gasteiger partial charge is 0.245 e. The molecule has 2 unspecified atom stereocenters. The third-order valence-electron chi connectivity index (χ3n) is 2.00. The van der Waals surface area contributed by atoms with E-state index in [2.05, 4.69) is 23.8 Å². The van der Waals surface area contributed by atoms with Crippen LogP contribution in [0.3, 0.4) is 0 Å². The molecule has 0 aliphatic rings. The molecular weight excluding hydrogens is 172 g/mol. The quantitative estimate of drug-likeness (QED) is 0.675. The van der Waals surface area contributed by atoms with Crippen LogP contribution >= 0.6 is 11.6 Å². The van der Waals surface area contributed by atoms with Gasteiger partial charge < -0.3 is 0 Å². The van der Waals surface area contributed by atoms with Gasteiger partial charge in [0.25, 0.3) is 0 Å². The molecule has 0 fully saturated rings. The van der Waals surface area contributed by atoms with Crippen molar-refractivity contribution in [1.29, 1.82) is 0 Å². The van der Waals surface area contributed by atoms with Gasteiger partial charge in [0.15, 0.2) is 0 Å². The third kappa shape index (κ3) is 2.18. The molecule has 1 aromatic rings. The highest BCUT2D eigenvalue weighted by molar-refractivity contribution is 6.21. The Labute approximate surface area is 78.0 Å². The predicted molar refractivity (Wildman–Crippen MR) is 50.4 cm³/mol. The fourth-order valence-electron chi connectivity index (χ4n) is 1.11. The van der Waals surface area contributed by atoms with Crippen molar-refractivity contribution in [2.24, 2.45) is 0 Å². The van der Waals surface area contributed by atoms with Crippen molar-refractivity contribution < 1.29 is 0 Å². The first-order valence-electron chi connectivity index (χ1n) is 4.15. The number of rotatable bonds is 3. The van der Waals surface area contributed by atoms with Crippen LogP contribution in [-0.2, 0) is 0 Å². The Hall–Kier alpha value is -0.630. The summed E-state index contributed by atoms with van der Waals surface area (Å²) in [5, 5.41) is 0.167. The van der Waals surface area contributed by atoms with E-state index in [-0.39, 0.29) is 5.38 Å². The van der Waals surface area contributed by atoms with E-state index in [1.165, 1.54) is 0 Å². The van der Waals surface area contributed by atoms with Gasteiger partial charge in [0.1, 0.15) is 6.33 Å². The molecule has 1 aromatic heterocycles. The van der Waals surface area contributed by atoms with Crippen LogP contribution < -0.4 is 0 Å². The van der Waals surface area contributed by atoms with Crippen LogP contribution in [-0.4, -0.2) is 15.3 Å². The molecule has 2 atom stereocenters. The Morgan fingerprint density at radius 1 is 1.58 bits per heavy atom. The van der Waals surface area contributed by atoms with Crippen LogP contribution in [0, 0.1) is 0 Å². The van der Waals surface area contributed by atoms with Gasteiger partial charge in [-0.3, -0.25) is 0 Å². The maximum Gasteiger partial charge on any atom is 0.115 e. The first-order valence-corrected chi connectivity index (χ1v) is 4.59. The minimum atomic E-state index is 0.167. The maximum atomic E-state index is 6.09. The second kappa shape index (κ2) is 4.41. The summed E-state index contributed by atoms with van der Waals surface area (Å²) in [4.78, 5) is 8.01. The summed E-state index contributed by atoms with van der Waals surface area (Å²) in [6, 6.07) is 1.91. The molecule has 12 heavy (non-hydrogen) atoms. The number of hydrogen-bond acceptors (Lipinski definition) is 2. The molecule has 0 spiro atoms. The summed E-state index contributed by atoms with van der Waals surface area (Å²) in [6.45, 7) is 4.17. The average molecular weight is 185 g/mol. The molecular formula is C9H13ClN2. The molecule has 0 saturated carbocycles. The molecule has 66 valence electrons. The van der Waals surface area contributed by atoms with Crippen LogP contribution in [0.1, 0.15) is 31.9 Å². The number of halogens is 1. The molecule has 0 aliphatic heterocycles. The Balaban J connectivity index is 2.71. The van der Waals surface area contributed by atoms with Crippen LogP contribution in [0.4, 0.5) is 0 Å². The van der Waals surface area contributed by atoms with Gasteiger partial charge in [0.2, 0.25) is 0 Å². The molecule has 3 heteroatoms. The Morgan fingerprint density at radius 2 is 2.33 bits per heavy atom. The number of hydrogen-bond donors (Lipinski definition) is 0. The first-order chi connectivity index (χ1) is 5.75. The molecule has 2 nitrogen and oxygen atoms in total. The summed E-state index contributed by atoms with van der Waals surface area (Å²) < 4.78 is 0. The Morgan fingerprint density at radius 3 is 2.83 bits per heavy atom. The van der Waals surface area contributed by atoms with Crippen molar-refractivity contribution in [1.82, 2.24) is 9.97 Å². The van der Waals surface area contributed by atoms with E-state index < -0.39 is 0 Å². The van der Waals surface area contributed by atoms with Crippen molar-refractivity contribution in [3.05, 3.63) is 24.3 Å². The van der Waals surface area contributed by atoms with Gasteiger partial charge in [-0.2, -0.15) is 0 Å². The van der Waals surface area contributed by atoms with Gasteiger partial charge in [-0.05, 0) is 12.5 Å².